The molecule has 2 aromatic rings. The van der Waals surface area contributed by atoms with Crippen LogP contribution >= 0.6 is 11.6 Å². The van der Waals surface area contributed by atoms with E-state index in [1.54, 1.807) is 12.1 Å². The standard InChI is InChI=1S/C25H29ClN2O7/c1-16(29)27-21-4-3-20(33-15-24(31)32)11-23(21)34-14-19(30)13-28-8-6-25(7-9-28)12-17-10-18(26)2-5-22(17)35-25/h2-5,10-11,19,30H,6-9,12-15H2,1H3,(H,27,29)(H,31,32)/t19-/m1/s1. The molecule has 0 saturated carbocycles. The number of fused-ring (bicyclic) bond motifs is 1. The van der Waals surface area contributed by atoms with Gasteiger partial charge in [-0.05, 0) is 35.9 Å². The molecular weight excluding hydrogens is 476 g/mol. The van der Waals surface area contributed by atoms with Crippen molar-refractivity contribution < 1.29 is 34.0 Å². The van der Waals surface area contributed by atoms with Gasteiger partial charge in [0.25, 0.3) is 0 Å². The summed E-state index contributed by atoms with van der Waals surface area (Å²) in [5.74, 6) is 0.0886. The van der Waals surface area contributed by atoms with Gasteiger partial charge in [0.1, 0.15) is 35.6 Å². The van der Waals surface area contributed by atoms with Gasteiger partial charge in [-0.2, -0.15) is 0 Å². The number of ether oxygens (including phenoxy) is 3. The largest absolute Gasteiger partial charge is 0.489 e. The Morgan fingerprint density at radius 1 is 1.20 bits per heavy atom. The second kappa shape index (κ2) is 10.7. The lowest BCUT2D eigenvalue weighted by atomic mass is 9.87. The Bertz CT molecular complexity index is 1090. The molecule has 1 amide bonds. The molecule has 188 valence electrons. The Balaban J connectivity index is 1.29. The molecule has 0 bridgehead atoms. The summed E-state index contributed by atoms with van der Waals surface area (Å²) >= 11 is 6.12. The van der Waals surface area contributed by atoms with Gasteiger partial charge in [-0.15, -0.1) is 0 Å². The summed E-state index contributed by atoms with van der Waals surface area (Å²) in [4.78, 5) is 24.5. The Labute approximate surface area is 208 Å². The van der Waals surface area contributed by atoms with Gasteiger partial charge in [0, 0.05) is 56.9 Å². The summed E-state index contributed by atoms with van der Waals surface area (Å²) in [5.41, 5.74) is 1.34. The Kier molecular flexibility index (Phi) is 7.69. The number of nitrogens with one attached hydrogen (secondary N) is 1. The number of aliphatic hydroxyl groups excluding tert-OH is 1. The third kappa shape index (κ3) is 6.56. The van der Waals surface area contributed by atoms with Crippen LogP contribution in [0.2, 0.25) is 5.02 Å². The minimum atomic E-state index is -1.10. The molecule has 2 heterocycles. The van der Waals surface area contributed by atoms with E-state index in [2.05, 4.69) is 10.2 Å². The highest BCUT2D eigenvalue weighted by molar-refractivity contribution is 6.30. The molecule has 0 unspecified atom stereocenters. The fourth-order valence-electron chi connectivity index (χ4n) is 4.51. The van der Waals surface area contributed by atoms with Crippen LogP contribution in [0.15, 0.2) is 36.4 Å². The molecule has 10 heteroatoms. The van der Waals surface area contributed by atoms with Gasteiger partial charge >= 0.3 is 5.97 Å². The lowest BCUT2D eigenvalue weighted by Gasteiger charge is -2.39. The van der Waals surface area contributed by atoms with Crippen molar-refractivity contribution in [3.63, 3.8) is 0 Å². The van der Waals surface area contributed by atoms with E-state index in [1.807, 2.05) is 18.2 Å². The fourth-order valence-corrected chi connectivity index (χ4v) is 4.71. The molecular formula is C25H29ClN2O7. The van der Waals surface area contributed by atoms with E-state index in [1.165, 1.54) is 13.0 Å². The number of anilines is 1. The summed E-state index contributed by atoms with van der Waals surface area (Å²) in [6.45, 7) is 2.87. The van der Waals surface area contributed by atoms with E-state index in [-0.39, 0.29) is 29.6 Å². The number of amides is 1. The summed E-state index contributed by atoms with van der Waals surface area (Å²) in [7, 11) is 0. The van der Waals surface area contributed by atoms with Gasteiger partial charge < -0.3 is 34.6 Å². The van der Waals surface area contributed by atoms with Gasteiger partial charge in [-0.3, -0.25) is 4.79 Å². The lowest BCUT2D eigenvalue weighted by molar-refractivity contribution is -0.139. The molecule has 0 aromatic heterocycles. The first-order chi connectivity index (χ1) is 16.7. The number of aliphatic carboxylic acids is 1. The number of piperidine rings is 1. The van der Waals surface area contributed by atoms with Crippen LogP contribution in [0, 0.1) is 0 Å². The Hall–Kier alpha value is -3.01. The molecule has 1 fully saturated rings. The molecule has 0 aliphatic carbocycles. The number of nitrogens with zero attached hydrogens (tertiary/aromatic N) is 1. The normalized spacial score (nSPS) is 17.3. The van der Waals surface area contributed by atoms with Gasteiger partial charge in [0.15, 0.2) is 6.61 Å². The third-order valence-corrected chi connectivity index (χ3v) is 6.39. The number of likely N-dealkylation sites (tertiary alicyclic amines) is 1. The van der Waals surface area contributed by atoms with Crippen molar-refractivity contribution >= 4 is 29.2 Å². The fraction of sp³-hybridized carbons (Fsp3) is 0.440. The highest BCUT2D eigenvalue weighted by Crippen LogP contribution is 2.42. The number of benzene rings is 2. The summed E-state index contributed by atoms with van der Waals surface area (Å²) in [6, 6.07) is 10.3. The number of hydrogen-bond acceptors (Lipinski definition) is 7. The molecule has 35 heavy (non-hydrogen) atoms. The van der Waals surface area contributed by atoms with Crippen LogP contribution in [-0.4, -0.2) is 71.5 Å². The van der Waals surface area contributed by atoms with Crippen LogP contribution in [0.5, 0.6) is 17.2 Å². The summed E-state index contributed by atoms with van der Waals surface area (Å²) in [5, 5.41) is 22.8. The number of rotatable bonds is 9. The molecule has 2 aliphatic heterocycles. The molecule has 2 aromatic carbocycles. The number of carboxylic acid groups (broad SMARTS) is 1. The van der Waals surface area contributed by atoms with Gasteiger partial charge in [0.05, 0.1) is 5.69 Å². The van der Waals surface area contributed by atoms with Crippen molar-refractivity contribution in [3.05, 3.63) is 47.0 Å². The second-order valence-electron chi connectivity index (χ2n) is 9.00. The summed E-state index contributed by atoms with van der Waals surface area (Å²) < 4.78 is 17.3. The Morgan fingerprint density at radius 2 is 1.97 bits per heavy atom. The zero-order valence-electron chi connectivity index (χ0n) is 19.5. The topological polar surface area (TPSA) is 118 Å². The van der Waals surface area contributed by atoms with Crippen LogP contribution in [0.1, 0.15) is 25.3 Å². The smallest absolute Gasteiger partial charge is 0.341 e. The first-order valence-electron chi connectivity index (χ1n) is 11.5. The predicted molar refractivity (Wildman–Crippen MR) is 130 cm³/mol. The number of halogens is 1. The van der Waals surface area contributed by atoms with E-state index in [0.29, 0.717) is 17.3 Å². The van der Waals surface area contributed by atoms with Gasteiger partial charge in [-0.1, -0.05) is 11.6 Å². The first-order valence-corrected chi connectivity index (χ1v) is 11.9. The Morgan fingerprint density at radius 3 is 2.69 bits per heavy atom. The highest BCUT2D eigenvalue weighted by atomic mass is 35.5. The first kappa shape index (κ1) is 25.1. The SMILES string of the molecule is CC(=O)Nc1ccc(OCC(=O)O)cc1OC[C@H](O)CN1CCC2(CC1)Cc1cc(Cl)ccc1O2. The number of carboxylic acids is 1. The van der Waals surface area contributed by atoms with Crippen molar-refractivity contribution in [2.45, 2.75) is 37.9 Å². The van der Waals surface area contributed by atoms with E-state index >= 15 is 0 Å². The minimum Gasteiger partial charge on any atom is -0.489 e. The second-order valence-corrected chi connectivity index (χ2v) is 9.44. The van der Waals surface area contributed by atoms with E-state index in [9.17, 15) is 14.7 Å². The van der Waals surface area contributed by atoms with Crippen LogP contribution in [-0.2, 0) is 16.0 Å². The average Bonchev–Trinajstić information content (AvgIpc) is 3.15. The van der Waals surface area contributed by atoms with Crippen LogP contribution in [0.25, 0.3) is 0 Å². The number of carbonyl (C=O) groups is 2. The third-order valence-electron chi connectivity index (χ3n) is 6.16. The van der Waals surface area contributed by atoms with Crippen molar-refractivity contribution in [1.82, 2.24) is 4.90 Å². The minimum absolute atomic E-state index is 0.00292. The molecule has 2 aliphatic rings. The van der Waals surface area contributed by atoms with Crippen LogP contribution in [0.3, 0.4) is 0 Å². The van der Waals surface area contributed by atoms with Crippen molar-refractivity contribution in [2.75, 3.05) is 38.2 Å². The number of carbonyl (C=O) groups excluding carboxylic acids is 1. The van der Waals surface area contributed by atoms with Crippen molar-refractivity contribution in [1.29, 1.82) is 0 Å². The maximum Gasteiger partial charge on any atom is 0.341 e. The zero-order chi connectivity index (χ0) is 25.0. The van der Waals surface area contributed by atoms with Crippen LogP contribution in [0.4, 0.5) is 5.69 Å². The lowest BCUT2D eigenvalue weighted by Crippen LogP contribution is -2.49. The zero-order valence-corrected chi connectivity index (χ0v) is 20.2. The van der Waals surface area contributed by atoms with E-state index < -0.39 is 18.7 Å². The van der Waals surface area contributed by atoms with Gasteiger partial charge in [0.2, 0.25) is 5.91 Å². The molecule has 0 radical (unpaired) electrons. The van der Waals surface area contributed by atoms with E-state index in [4.69, 9.17) is 30.9 Å². The predicted octanol–water partition coefficient (Wildman–Crippen LogP) is 2.97. The van der Waals surface area contributed by atoms with Gasteiger partial charge in [-0.25, -0.2) is 4.79 Å². The van der Waals surface area contributed by atoms with Crippen molar-refractivity contribution in [2.24, 2.45) is 0 Å². The number of aliphatic hydroxyl groups is 1. The van der Waals surface area contributed by atoms with Crippen LogP contribution < -0.4 is 19.5 Å². The highest BCUT2D eigenvalue weighted by Gasteiger charge is 2.42. The number of β-amino-alcohol motifs (C(OH)–C–C–N with tert-alkyl or cyclic N) is 1. The van der Waals surface area contributed by atoms with E-state index in [0.717, 1.165) is 43.7 Å². The molecule has 3 N–H and O–H groups in total. The molecule has 1 saturated heterocycles. The maximum absolute atomic E-state index is 11.5. The monoisotopic (exact) mass is 504 g/mol. The van der Waals surface area contributed by atoms with Crippen molar-refractivity contribution in [3.8, 4) is 17.2 Å². The molecule has 4 rings (SSSR count). The molecule has 1 atom stereocenters. The molecule has 1 spiro atoms. The quantitative estimate of drug-likeness (QED) is 0.477. The summed E-state index contributed by atoms with van der Waals surface area (Å²) in [6.07, 6.45) is 1.78. The maximum atomic E-state index is 11.5. The number of hydrogen-bond donors (Lipinski definition) is 3. The molecule has 9 nitrogen and oxygen atoms in total. The average molecular weight is 505 g/mol.